The van der Waals surface area contributed by atoms with E-state index in [4.69, 9.17) is 15.6 Å². The zero-order valence-electron chi connectivity index (χ0n) is 10.6. The molecule has 0 atom stereocenters. The van der Waals surface area contributed by atoms with E-state index in [2.05, 4.69) is 0 Å². The van der Waals surface area contributed by atoms with Gasteiger partial charge in [0.15, 0.2) is 6.61 Å². The molecule has 0 bridgehead atoms. The summed E-state index contributed by atoms with van der Waals surface area (Å²) in [5, 5.41) is 8.88. The number of rotatable bonds is 7. The number of benzene rings is 1. The van der Waals surface area contributed by atoms with Crippen molar-refractivity contribution >= 4 is 11.6 Å². The van der Waals surface area contributed by atoms with Gasteiger partial charge in [0.05, 0.1) is 6.61 Å². The molecule has 0 aliphatic carbocycles. The third kappa shape index (κ3) is 4.63. The molecule has 1 amide bonds. The molecule has 0 heterocycles. The normalized spacial score (nSPS) is 10.1. The van der Waals surface area contributed by atoms with Gasteiger partial charge >= 0.3 is 0 Å². The fraction of sp³-hybridized carbons (Fsp3) is 0.462. The second-order valence-corrected chi connectivity index (χ2v) is 3.96. The van der Waals surface area contributed by atoms with E-state index >= 15 is 0 Å². The molecule has 0 unspecified atom stereocenters. The Bertz CT molecular complexity index is 359. The predicted octanol–water partition coefficient (Wildman–Crippen LogP) is 0.878. The average Bonchev–Trinajstić information content (AvgIpc) is 2.37. The Labute approximate surface area is 107 Å². The van der Waals surface area contributed by atoms with Gasteiger partial charge in [0.2, 0.25) is 0 Å². The maximum Gasteiger partial charge on any atom is 0.260 e. The van der Waals surface area contributed by atoms with Crippen LogP contribution in [-0.2, 0) is 4.79 Å². The lowest BCUT2D eigenvalue weighted by Gasteiger charge is -2.21. The Morgan fingerprint density at radius 1 is 1.33 bits per heavy atom. The minimum Gasteiger partial charge on any atom is -0.484 e. The van der Waals surface area contributed by atoms with E-state index in [-0.39, 0.29) is 19.1 Å². The Morgan fingerprint density at radius 3 is 2.56 bits per heavy atom. The third-order valence-corrected chi connectivity index (χ3v) is 2.46. The van der Waals surface area contributed by atoms with E-state index in [0.29, 0.717) is 24.5 Å². The first kappa shape index (κ1) is 14.3. The lowest BCUT2D eigenvalue weighted by Crippen LogP contribution is -2.37. The maximum atomic E-state index is 11.8. The lowest BCUT2D eigenvalue weighted by molar-refractivity contribution is -0.133. The van der Waals surface area contributed by atoms with Crippen LogP contribution >= 0.6 is 0 Å². The highest BCUT2D eigenvalue weighted by Gasteiger charge is 2.12. The highest BCUT2D eigenvalue weighted by molar-refractivity contribution is 5.77. The molecule has 0 fully saturated rings. The van der Waals surface area contributed by atoms with E-state index in [9.17, 15) is 4.79 Å². The number of nitrogens with two attached hydrogens (primary N) is 1. The van der Waals surface area contributed by atoms with E-state index in [1.54, 1.807) is 29.2 Å². The Balaban J connectivity index is 2.45. The number of hydrogen-bond acceptors (Lipinski definition) is 4. The van der Waals surface area contributed by atoms with Crippen LogP contribution in [0, 0.1) is 0 Å². The summed E-state index contributed by atoms with van der Waals surface area (Å²) in [6.07, 6.45) is 0.855. The van der Waals surface area contributed by atoms with Crippen molar-refractivity contribution in [2.75, 3.05) is 32.0 Å². The highest BCUT2D eigenvalue weighted by atomic mass is 16.5. The largest absolute Gasteiger partial charge is 0.484 e. The van der Waals surface area contributed by atoms with Crippen LogP contribution in [0.15, 0.2) is 24.3 Å². The molecule has 0 spiro atoms. The van der Waals surface area contributed by atoms with Crippen LogP contribution < -0.4 is 10.5 Å². The van der Waals surface area contributed by atoms with Crippen LogP contribution in [0.2, 0.25) is 0 Å². The van der Waals surface area contributed by atoms with Crippen LogP contribution in [0.1, 0.15) is 13.3 Å². The van der Waals surface area contributed by atoms with Gasteiger partial charge < -0.3 is 20.5 Å². The monoisotopic (exact) mass is 252 g/mol. The number of aliphatic hydroxyl groups excluding tert-OH is 1. The first-order chi connectivity index (χ1) is 8.67. The summed E-state index contributed by atoms with van der Waals surface area (Å²) in [6.45, 7) is 2.90. The first-order valence-electron chi connectivity index (χ1n) is 6.04. The average molecular weight is 252 g/mol. The number of nitrogen functional groups attached to an aromatic ring is 1. The van der Waals surface area contributed by atoms with Gasteiger partial charge in [0.25, 0.3) is 5.91 Å². The SMILES string of the molecule is CCCN(CCO)C(=O)COc1ccc(N)cc1. The van der Waals surface area contributed by atoms with Gasteiger partial charge in [-0.2, -0.15) is 0 Å². The molecule has 0 aliphatic heterocycles. The van der Waals surface area contributed by atoms with E-state index in [1.165, 1.54) is 0 Å². The molecule has 18 heavy (non-hydrogen) atoms. The molecule has 0 saturated carbocycles. The Hall–Kier alpha value is -1.75. The van der Waals surface area contributed by atoms with Crippen molar-refractivity contribution in [2.45, 2.75) is 13.3 Å². The van der Waals surface area contributed by atoms with Crippen LogP contribution in [0.25, 0.3) is 0 Å². The standard InChI is InChI=1S/C13H20N2O3/c1-2-7-15(8-9-16)13(17)10-18-12-5-3-11(14)4-6-12/h3-6,16H,2,7-10,14H2,1H3. The molecule has 1 aromatic carbocycles. The summed E-state index contributed by atoms with van der Waals surface area (Å²) in [4.78, 5) is 13.4. The van der Waals surface area contributed by atoms with Crippen molar-refractivity contribution in [3.05, 3.63) is 24.3 Å². The van der Waals surface area contributed by atoms with Gasteiger partial charge in [0, 0.05) is 18.8 Å². The van der Waals surface area contributed by atoms with Crippen LogP contribution in [0.4, 0.5) is 5.69 Å². The van der Waals surface area contributed by atoms with Crippen LogP contribution in [-0.4, -0.2) is 42.2 Å². The fourth-order valence-corrected chi connectivity index (χ4v) is 1.55. The minimum atomic E-state index is -0.122. The third-order valence-electron chi connectivity index (χ3n) is 2.46. The summed E-state index contributed by atoms with van der Waals surface area (Å²) in [7, 11) is 0. The Morgan fingerprint density at radius 2 is 2.00 bits per heavy atom. The van der Waals surface area contributed by atoms with Crippen LogP contribution in [0.5, 0.6) is 5.75 Å². The molecule has 0 radical (unpaired) electrons. The van der Waals surface area contributed by atoms with Gasteiger partial charge in [0.1, 0.15) is 5.75 Å². The number of carbonyl (C=O) groups excluding carboxylic acids is 1. The van der Waals surface area contributed by atoms with E-state index in [1.807, 2.05) is 6.92 Å². The highest BCUT2D eigenvalue weighted by Crippen LogP contribution is 2.13. The van der Waals surface area contributed by atoms with Gasteiger partial charge in [-0.05, 0) is 30.7 Å². The second kappa shape index (κ2) is 7.55. The lowest BCUT2D eigenvalue weighted by atomic mass is 10.3. The molecule has 5 heteroatoms. The number of nitrogens with zero attached hydrogens (tertiary/aromatic N) is 1. The minimum absolute atomic E-state index is 0.0239. The Kier molecular flexibility index (Phi) is 6.00. The first-order valence-corrected chi connectivity index (χ1v) is 6.04. The van der Waals surface area contributed by atoms with E-state index < -0.39 is 0 Å². The van der Waals surface area contributed by atoms with Crippen molar-refractivity contribution < 1.29 is 14.6 Å². The molecular weight excluding hydrogens is 232 g/mol. The topological polar surface area (TPSA) is 75.8 Å². The quantitative estimate of drug-likeness (QED) is 0.706. The number of ether oxygens (including phenoxy) is 1. The summed E-state index contributed by atoms with van der Waals surface area (Å²) in [6, 6.07) is 6.88. The molecule has 5 nitrogen and oxygen atoms in total. The van der Waals surface area contributed by atoms with Crippen molar-refractivity contribution in [2.24, 2.45) is 0 Å². The number of carbonyl (C=O) groups is 1. The second-order valence-electron chi connectivity index (χ2n) is 3.96. The van der Waals surface area contributed by atoms with Gasteiger partial charge in [-0.1, -0.05) is 6.92 Å². The summed E-state index contributed by atoms with van der Waals surface area (Å²) < 4.78 is 5.37. The zero-order chi connectivity index (χ0) is 13.4. The van der Waals surface area contributed by atoms with Crippen molar-refractivity contribution in [3.8, 4) is 5.75 Å². The maximum absolute atomic E-state index is 11.8. The molecular formula is C13H20N2O3. The molecule has 1 rings (SSSR count). The number of hydrogen-bond donors (Lipinski definition) is 2. The fourth-order valence-electron chi connectivity index (χ4n) is 1.55. The molecule has 0 saturated heterocycles. The predicted molar refractivity (Wildman–Crippen MR) is 70.3 cm³/mol. The summed E-state index contributed by atoms with van der Waals surface area (Å²) >= 11 is 0. The van der Waals surface area contributed by atoms with Gasteiger partial charge in [-0.3, -0.25) is 4.79 Å². The molecule has 100 valence electrons. The smallest absolute Gasteiger partial charge is 0.260 e. The molecule has 3 N–H and O–H groups in total. The summed E-state index contributed by atoms with van der Waals surface area (Å²) in [5.41, 5.74) is 6.21. The summed E-state index contributed by atoms with van der Waals surface area (Å²) in [5.74, 6) is 0.487. The number of amides is 1. The molecule has 0 aromatic heterocycles. The van der Waals surface area contributed by atoms with Crippen molar-refractivity contribution in [1.82, 2.24) is 4.90 Å². The van der Waals surface area contributed by atoms with Crippen molar-refractivity contribution in [3.63, 3.8) is 0 Å². The van der Waals surface area contributed by atoms with Gasteiger partial charge in [-0.15, -0.1) is 0 Å². The van der Waals surface area contributed by atoms with Crippen LogP contribution in [0.3, 0.4) is 0 Å². The molecule has 1 aromatic rings. The zero-order valence-corrected chi connectivity index (χ0v) is 10.6. The van der Waals surface area contributed by atoms with Crippen molar-refractivity contribution in [1.29, 1.82) is 0 Å². The number of aliphatic hydroxyl groups is 1. The van der Waals surface area contributed by atoms with Gasteiger partial charge in [-0.25, -0.2) is 0 Å². The molecule has 0 aliphatic rings. The van der Waals surface area contributed by atoms with E-state index in [0.717, 1.165) is 6.42 Å². The number of anilines is 1.